The number of thioether (sulfide) groups is 1. The molecule has 0 atom stereocenters. The van der Waals surface area contributed by atoms with E-state index in [1.54, 1.807) is 11.8 Å². The van der Waals surface area contributed by atoms with Gasteiger partial charge < -0.3 is 5.73 Å². The maximum absolute atomic E-state index is 5.67. The van der Waals surface area contributed by atoms with Gasteiger partial charge in [-0.05, 0) is 13.2 Å². The Bertz CT molecular complexity index is 232. The number of nitrogen functional groups attached to an aromatic ring is 1. The molecule has 4 heteroatoms. The highest BCUT2D eigenvalue weighted by molar-refractivity contribution is 7.97. The van der Waals surface area contributed by atoms with E-state index >= 15 is 0 Å². The normalized spacial score (nSPS) is 10.4. The molecular weight excluding hydrogens is 158 g/mol. The Morgan fingerprint density at radius 3 is 2.91 bits per heavy atom. The first kappa shape index (κ1) is 8.46. The van der Waals surface area contributed by atoms with E-state index in [4.69, 9.17) is 5.73 Å². The van der Waals surface area contributed by atoms with E-state index in [0.29, 0.717) is 0 Å². The Hall–Kier alpha value is -0.640. The number of hydrogen-bond acceptors (Lipinski definition) is 3. The van der Waals surface area contributed by atoms with Gasteiger partial charge in [0, 0.05) is 18.4 Å². The third kappa shape index (κ3) is 1.89. The fraction of sp³-hybridized carbons (Fsp3) is 0.571. The van der Waals surface area contributed by atoms with Crippen LogP contribution in [0.15, 0.2) is 6.07 Å². The van der Waals surface area contributed by atoms with Crippen LogP contribution in [0.2, 0.25) is 0 Å². The van der Waals surface area contributed by atoms with Gasteiger partial charge in [0.1, 0.15) is 5.82 Å². The molecule has 0 fully saturated rings. The van der Waals surface area contributed by atoms with Crippen molar-refractivity contribution in [3.8, 4) is 0 Å². The number of aromatic nitrogens is 2. The smallest absolute Gasteiger partial charge is 0.121 e. The van der Waals surface area contributed by atoms with Crippen LogP contribution in [-0.4, -0.2) is 16.0 Å². The van der Waals surface area contributed by atoms with E-state index < -0.39 is 0 Å². The Morgan fingerprint density at radius 2 is 2.45 bits per heavy atom. The molecule has 1 aromatic heterocycles. The topological polar surface area (TPSA) is 43.8 Å². The molecular formula is C7H13N3S. The lowest BCUT2D eigenvalue weighted by Gasteiger charge is -1.95. The van der Waals surface area contributed by atoms with Crippen LogP contribution in [0, 0.1) is 0 Å². The van der Waals surface area contributed by atoms with E-state index in [0.717, 1.165) is 23.8 Å². The molecule has 2 N–H and O–H groups in total. The van der Waals surface area contributed by atoms with Crippen molar-refractivity contribution < 1.29 is 0 Å². The molecule has 0 aromatic carbocycles. The number of rotatable bonds is 3. The van der Waals surface area contributed by atoms with Crippen molar-refractivity contribution in [2.75, 3.05) is 12.0 Å². The number of nitrogens with zero attached hydrogens (tertiary/aromatic N) is 2. The monoisotopic (exact) mass is 171 g/mol. The highest BCUT2D eigenvalue weighted by Gasteiger charge is 2.01. The van der Waals surface area contributed by atoms with E-state index in [1.165, 1.54) is 0 Å². The minimum absolute atomic E-state index is 0.761. The van der Waals surface area contributed by atoms with Gasteiger partial charge in [-0.3, -0.25) is 4.68 Å². The minimum atomic E-state index is 0.761. The van der Waals surface area contributed by atoms with Crippen molar-refractivity contribution in [2.24, 2.45) is 0 Å². The molecule has 0 aliphatic heterocycles. The molecule has 0 amide bonds. The number of anilines is 1. The van der Waals surface area contributed by atoms with Crippen molar-refractivity contribution in [3.63, 3.8) is 0 Å². The van der Waals surface area contributed by atoms with Crippen LogP contribution >= 0.6 is 11.8 Å². The van der Waals surface area contributed by atoms with Crippen LogP contribution in [0.1, 0.15) is 12.6 Å². The first-order valence-electron chi connectivity index (χ1n) is 3.59. The second-order valence-electron chi connectivity index (χ2n) is 2.31. The number of hydrogen-bond donors (Lipinski definition) is 1. The summed E-state index contributed by atoms with van der Waals surface area (Å²) in [6.45, 7) is 2.88. The number of nitrogens with two attached hydrogens (primary N) is 1. The van der Waals surface area contributed by atoms with Crippen molar-refractivity contribution >= 4 is 17.6 Å². The maximum atomic E-state index is 5.67. The second kappa shape index (κ2) is 3.67. The van der Waals surface area contributed by atoms with Crippen molar-refractivity contribution in [2.45, 2.75) is 19.2 Å². The molecule has 1 rings (SSSR count). The van der Waals surface area contributed by atoms with Crippen LogP contribution in [0.3, 0.4) is 0 Å². The average Bonchev–Trinajstić information content (AvgIpc) is 2.32. The summed E-state index contributed by atoms with van der Waals surface area (Å²) in [5.41, 5.74) is 6.74. The fourth-order valence-electron chi connectivity index (χ4n) is 0.959. The SMILES string of the molecule is CCn1nc(CSC)cc1N. The van der Waals surface area contributed by atoms with Gasteiger partial charge in [0.05, 0.1) is 5.69 Å². The minimum Gasteiger partial charge on any atom is -0.384 e. The van der Waals surface area contributed by atoms with Crippen LogP contribution in [0.4, 0.5) is 5.82 Å². The van der Waals surface area contributed by atoms with Crippen molar-refractivity contribution in [3.05, 3.63) is 11.8 Å². The lowest BCUT2D eigenvalue weighted by Crippen LogP contribution is -2.01. The Kier molecular flexibility index (Phi) is 2.82. The van der Waals surface area contributed by atoms with Crippen LogP contribution in [-0.2, 0) is 12.3 Å². The van der Waals surface area contributed by atoms with Crippen LogP contribution in [0.5, 0.6) is 0 Å². The summed E-state index contributed by atoms with van der Waals surface area (Å²) in [4.78, 5) is 0. The first-order valence-corrected chi connectivity index (χ1v) is 4.98. The highest BCUT2D eigenvalue weighted by Crippen LogP contribution is 2.11. The van der Waals surface area contributed by atoms with Gasteiger partial charge in [-0.1, -0.05) is 0 Å². The molecule has 0 saturated carbocycles. The van der Waals surface area contributed by atoms with Crippen molar-refractivity contribution in [1.29, 1.82) is 0 Å². The fourth-order valence-corrected chi connectivity index (χ4v) is 1.40. The zero-order valence-corrected chi connectivity index (χ0v) is 7.69. The molecule has 0 bridgehead atoms. The molecule has 1 heterocycles. The summed E-state index contributed by atoms with van der Waals surface area (Å²) in [7, 11) is 0. The van der Waals surface area contributed by atoms with E-state index in [1.807, 2.05) is 17.7 Å². The summed E-state index contributed by atoms with van der Waals surface area (Å²) in [5, 5.41) is 4.29. The van der Waals surface area contributed by atoms with Crippen LogP contribution < -0.4 is 5.73 Å². The third-order valence-electron chi connectivity index (χ3n) is 1.45. The molecule has 0 radical (unpaired) electrons. The standard InChI is InChI=1S/C7H13N3S/c1-3-10-7(8)4-6(9-10)5-11-2/h4H,3,5,8H2,1-2H3. The molecule has 11 heavy (non-hydrogen) atoms. The molecule has 0 aliphatic rings. The lowest BCUT2D eigenvalue weighted by atomic mass is 10.5. The predicted octanol–water partition coefficient (Wildman–Crippen LogP) is 1.35. The van der Waals surface area contributed by atoms with Gasteiger partial charge in [-0.15, -0.1) is 0 Å². The van der Waals surface area contributed by atoms with Gasteiger partial charge in [-0.25, -0.2) is 0 Å². The summed E-state index contributed by atoms with van der Waals surface area (Å²) in [5.74, 6) is 1.70. The lowest BCUT2D eigenvalue weighted by molar-refractivity contribution is 0.662. The Labute approximate surface area is 71.0 Å². The molecule has 62 valence electrons. The molecule has 3 nitrogen and oxygen atoms in total. The first-order chi connectivity index (χ1) is 5.27. The zero-order valence-electron chi connectivity index (χ0n) is 6.87. The van der Waals surface area contributed by atoms with Gasteiger partial charge in [0.25, 0.3) is 0 Å². The quantitative estimate of drug-likeness (QED) is 0.746. The van der Waals surface area contributed by atoms with Gasteiger partial charge in [-0.2, -0.15) is 16.9 Å². The van der Waals surface area contributed by atoms with E-state index in [2.05, 4.69) is 11.4 Å². The average molecular weight is 171 g/mol. The largest absolute Gasteiger partial charge is 0.384 e. The summed E-state index contributed by atoms with van der Waals surface area (Å²) < 4.78 is 1.81. The molecule has 0 saturated heterocycles. The van der Waals surface area contributed by atoms with Gasteiger partial charge in [0.2, 0.25) is 0 Å². The molecule has 0 unspecified atom stereocenters. The summed E-state index contributed by atoms with van der Waals surface area (Å²) >= 11 is 1.76. The number of aryl methyl sites for hydroxylation is 1. The molecule has 0 aliphatic carbocycles. The van der Waals surface area contributed by atoms with Crippen LogP contribution in [0.25, 0.3) is 0 Å². The van der Waals surface area contributed by atoms with Crippen molar-refractivity contribution in [1.82, 2.24) is 9.78 Å². The second-order valence-corrected chi connectivity index (χ2v) is 3.18. The zero-order chi connectivity index (χ0) is 8.27. The Balaban J connectivity index is 2.77. The van der Waals surface area contributed by atoms with Gasteiger partial charge in [0.15, 0.2) is 0 Å². The third-order valence-corrected chi connectivity index (χ3v) is 2.04. The highest BCUT2D eigenvalue weighted by atomic mass is 32.2. The molecule has 0 spiro atoms. The van der Waals surface area contributed by atoms with E-state index in [9.17, 15) is 0 Å². The van der Waals surface area contributed by atoms with E-state index in [-0.39, 0.29) is 0 Å². The van der Waals surface area contributed by atoms with Gasteiger partial charge >= 0.3 is 0 Å². The maximum Gasteiger partial charge on any atom is 0.121 e. The summed E-state index contributed by atoms with van der Waals surface area (Å²) in [6.07, 6.45) is 2.06. The Morgan fingerprint density at radius 1 is 1.73 bits per heavy atom. The molecule has 1 aromatic rings. The summed E-state index contributed by atoms with van der Waals surface area (Å²) in [6, 6.07) is 1.93. The predicted molar refractivity (Wildman–Crippen MR) is 49.5 cm³/mol.